The van der Waals surface area contributed by atoms with Crippen molar-refractivity contribution in [3.05, 3.63) is 0 Å². The van der Waals surface area contributed by atoms with Gasteiger partial charge >= 0.3 is 0 Å². The number of carbonyl (C=O) groups excluding carboxylic acids is 2. The third-order valence-corrected chi connectivity index (χ3v) is 5.62. The lowest BCUT2D eigenvalue weighted by Gasteiger charge is -2.49. The Labute approximate surface area is 120 Å². The molecule has 2 aliphatic heterocycles. The third-order valence-electron chi connectivity index (χ3n) is 5.62. The van der Waals surface area contributed by atoms with Gasteiger partial charge in [0.05, 0.1) is 6.04 Å². The molecule has 0 aromatic rings. The molecule has 20 heavy (non-hydrogen) atoms. The van der Waals surface area contributed by atoms with Crippen molar-refractivity contribution >= 4 is 11.8 Å². The molecule has 3 rings (SSSR count). The predicted octanol–water partition coefficient (Wildman–Crippen LogP) is 1.02. The minimum atomic E-state index is 0.0657. The summed E-state index contributed by atoms with van der Waals surface area (Å²) < 4.78 is 5.02. The van der Waals surface area contributed by atoms with Crippen molar-refractivity contribution in [2.75, 3.05) is 20.3 Å². The Morgan fingerprint density at radius 1 is 1.30 bits per heavy atom. The van der Waals surface area contributed by atoms with Crippen molar-refractivity contribution in [2.24, 2.45) is 5.41 Å². The van der Waals surface area contributed by atoms with Crippen molar-refractivity contribution in [3.63, 3.8) is 0 Å². The molecule has 1 aliphatic carbocycles. The van der Waals surface area contributed by atoms with E-state index in [-0.39, 0.29) is 35.9 Å². The lowest BCUT2D eigenvalue weighted by Crippen LogP contribution is -2.58. The minimum absolute atomic E-state index is 0.0657. The smallest absolute Gasteiger partial charge is 0.248 e. The number of hydrogen-bond acceptors (Lipinski definition) is 3. The summed E-state index contributed by atoms with van der Waals surface area (Å²) in [4.78, 5) is 28.4. The Hall–Kier alpha value is -1.10. The predicted molar refractivity (Wildman–Crippen MR) is 74.0 cm³/mol. The van der Waals surface area contributed by atoms with E-state index in [4.69, 9.17) is 4.74 Å². The number of likely N-dealkylation sites (tertiary alicyclic amines) is 2. The van der Waals surface area contributed by atoms with Crippen molar-refractivity contribution in [3.8, 4) is 0 Å². The largest absolute Gasteiger partial charge is 0.375 e. The average Bonchev–Trinajstić information content (AvgIpc) is 2.68. The molecule has 4 atom stereocenters. The Morgan fingerprint density at radius 3 is 2.65 bits per heavy atom. The van der Waals surface area contributed by atoms with E-state index in [2.05, 4.69) is 11.8 Å². The van der Waals surface area contributed by atoms with Crippen LogP contribution >= 0.6 is 0 Å². The molecular formula is C15H24N2O3. The fourth-order valence-corrected chi connectivity index (χ4v) is 4.95. The molecule has 0 spiro atoms. The van der Waals surface area contributed by atoms with E-state index < -0.39 is 0 Å². The third kappa shape index (κ3) is 1.79. The Bertz CT molecular complexity index is 439. The SMILES string of the molecule is COCC(=O)N1C[C@@H]2C[C@@]3(C)[C@H](CCC[C@@H]13)N2C(C)=O. The number of carbonyl (C=O) groups is 2. The molecule has 2 saturated heterocycles. The topological polar surface area (TPSA) is 49.9 Å². The van der Waals surface area contributed by atoms with Crippen LogP contribution < -0.4 is 0 Å². The maximum Gasteiger partial charge on any atom is 0.248 e. The molecular weight excluding hydrogens is 256 g/mol. The van der Waals surface area contributed by atoms with E-state index >= 15 is 0 Å². The summed E-state index contributed by atoms with van der Waals surface area (Å²) in [6.45, 7) is 4.75. The van der Waals surface area contributed by atoms with E-state index in [0.717, 1.165) is 25.7 Å². The molecule has 0 unspecified atom stereocenters. The summed E-state index contributed by atoms with van der Waals surface area (Å²) in [5.41, 5.74) is 0.0657. The van der Waals surface area contributed by atoms with E-state index in [1.54, 1.807) is 14.0 Å². The molecule has 5 nitrogen and oxygen atoms in total. The zero-order valence-electron chi connectivity index (χ0n) is 12.6. The van der Waals surface area contributed by atoms with Gasteiger partial charge in [0.2, 0.25) is 11.8 Å². The lowest BCUT2D eigenvalue weighted by molar-refractivity contribution is -0.143. The van der Waals surface area contributed by atoms with Crippen LogP contribution in [0.3, 0.4) is 0 Å². The molecule has 3 fully saturated rings. The first-order valence-electron chi connectivity index (χ1n) is 7.56. The van der Waals surface area contributed by atoms with Crippen molar-refractivity contribution in [1.82, 2.24) is 9.80 Å². The number of hydrogen-bond donors (Lipinski definition) is 0. The highest BCUT2D eigenvalue weighted by atomic mass is 16.5. The summed E-state index contributed by atoms with van der Waals surface area (Å²) in [6.07, 6.45) is 4.27. The highest BCUT2D eigenvalue weighted by Gasteiger charge is 2.60. The summed E-state index contributed by atoms with van der Waals surface area (Å²) in [6, 6.07) is 0.770. The molecule has 0 aromatic carbocycles. The van der Waals surface area contributed by atoms with Gasteiger partial charge in [-0.3, -0.25) is 9.59 Å². The van der Waals surface area contributed by atoms with Gasteiger partial charge in [0.25, 0.3) is 0 Å². The van der Waals surface area contributed by atoms with Crippen LogP contribution in [-0.4, -0.2) is 60.0 Å². The van der Waals surface area contributed by atoms with Gasteiger partial charge in [0, 0.05) is 38.1 Å². The first-order valence-corrected chi connectivity index (χ1v) is 7.56. The molecule has 0 N–H and O–H groups in total. The van der Waals surface area contributed by atoms with Gasteiger partial charge < -0.3 is 14.5 Å². The second kappa shape index (κ2) is 4.72. The fraction of sp³-hybridized carbons (Fsp3) is 0.867. The van der Waals surface area contributed by atoms with E-state index in [0.29, 0.717) is 12.6 Å². The second-order valence-corrected chi connectivity index (χ2v) is 6.73. The summed E-state index contributed by atoms with van der Waals surface area (Å²) >= 11 is 0. The van der Waals surface area contributed by atoms with Gasteiger partial charge in [-0.05, 0) is 25.7 Å². The van der Waals surface area contributed by atoms with Gasteiger partial charge in [-0.1, -0.05) is 6.92 Å². The van der Waals surface area contributed by atoms with Gasteiger partial charge in [-0.2, -0.15) is 0 Å². The number of ether oxygens (including phenoxy) is 1. The number of rotatable bonds is 2. The van der Waals surface area contributed by atoms with Gasteiger partial charge in [0.1, 0.15) is 6.61 Å². The quantitative estimate of drug-likeness (QED) is 0.759. The number of amides is 2. The van der Waals surface area contributed by atoms with Crippen LogP contribution in [0.15, 0.2) is 0 Å². The molecule has 2 heterocycles. The molecule has 2 amide bonds. The van der Waals surface area contributed by atoms with Crippen LogP contribution in [0.5, 0.6) is 0 Å². The van der Waals surface area contributed by atoms with Gasteiger partial charge in [0.15, 0.2) is 0 Å². The summed E-state index contributed by atoms with van der Waals surface area (Å²) in [5.74, 6) is 0.227. The van der Waals surface area contributed by atoms with Crippen LogP contribution in [0.4, 0.5) is 0 Å². The molecule has 5 heteroatoms. The van der Waals surface area contributed by atoms with E-state index in [1.165, 1.54) is 0 Å². The van der Waals surface area contributed by atoms with Crippen LogP contribution in [0.2, 0.25) is 0 Å². The first-order chi connectivity index (χ1) is 9.49. The lowest BCUT2D eigenvalue weighted by atomic mass is 9.66. The summed E-state index contributed by atoms with van der Waals surface area (Å²) in [5, 5.41) is 0. The highest BCUT2D eigenvalue weighted by Crippen LogP contribution is 2.54. The second-order valence-electron chi connectivity index (χ2n) is 6.73. The van der Waals surface area contributed by atoms with E-state index in [1.807, 2.05) is 4.90 Å². The molecule has 112 valence electrons. The van der Waals surface area contributed by atoms with Crippen LogP contribution in [0, 0.1) is 5.41 Å². The van der Waals surface area contributed by atoms with Crippen LogP contribution in [0.1, 0.15) is 39.5 Å². The van der Waals surface area contributed by atoms with Crippen molar-refractivity contribution in [1.29, 1.82) is 0 Å². The Kier molecular flexibility index (Phi) is 3.27. The molecule has 1 saturated carbocycles. The number of nitrogens with zero attached hydrogens (tertiary/aromatic N) is 2. The first kappa shape index (κ1) is 13.9. The Morgan fingerprint density at radius 2 is 2.00 bits per heavy atom. The monoisotopic (exact) mass is 280 g/mol. The Balaban J connectivity index is 1.94. The van der Waals surface area contributed by atoms with E-state index in [9.17, 15) is 9.59 Å². The number of methoxy groups -OCH3 is 1. The molecule has 3 aliphatic rings. The number of piperidine rings is 1. The maximum absolute atomic E-state index is 12.3. The fourth-order valence-electron chi connectivity index (χ4n) is 4.95. The molecule has 0 aromatic heterocycles. The zero-order chi connectivity index (χ0) is 14.5. The standard InChI is InChI=1S/C15H24N2O3/c1-10(18)17-11-7-15(2)12(5-4-6-13(15)17)16(8-11)14(19)9-20-3/h11-13H,4-9H2,1-3H3/t11-,12+,13-,15+/m0/s1. The average molecular weight is 280 g/mol. The van der Waals surface area contributed by atoms with Gasteiger partial charge in [-0.25, -0.2) is 0 Å². The molecule has 0 radical (unpaired) electrons. The van der Waals surface area contributed by atoms with Crippen molar-refractivity contribution in [2.45, 2.75) is 57.7 Å². The van der Waals surface area contributed by atoms with Gasteiger partial charge in [-0.15, -0.1) is 0 Å². The molecule has 2 bridgehead atoms. The maximum atomic E-state index is 12.3. The van der Waals surface area contributed by atoms with Crippen LogP contribution in [0.25, 0.3) is 0 Å². The van der Waals surface area contributed by atoms with Crippen molar-refractivity contribution < 1.29 is 14.3 Å². The number of fused-ring (bicyclic) bond motifs is 1. The highest BCUT2D eigenvalue weighted by molar-refractivity contribution is 5.79. The summed E-state index contributed by atoms with van der Waals surface area (Å²) in [7, 11) is 1.56. The zero-order valence-corrected chi connectivity index (χ0v) is 12.6. The minimum Gasteiger partial charge on any atom is -0.375 e. The van der Waals surface area contributed by atoms with Crippen LogP contribution in [-0.2, 0) is 14.3 Å². The normalized spacial score (nSPS) is 39.0.